The Balaban J connectivity index is 1.69. The highest BCUT2D eigenvalue weighted by Gasteiger charge is 2.28. The van der Waals surface area contributed by atoms with Crippen molar-refractivity contribution in [2.24, 2.45) is 0 Å². The topological polar surface area (TPSA) is 77.4 Å². The first-order valence-corrected chi connectivity index (χ1v) is 8.50. The van der Waals surface area contributed by atoms with E-state index in [1.807, 2.05) is 13.8 Å². The van der Waals surface area contributed by atoms with Crippen LogP contribution in [0.25, 0.3) is 0 Å². The molecule has 1 aliphatic rings. The number of rotatable bonds is 5. The Bertz CT molecular complexity index is 738. The van der Waals surface area contributed by atoms with E-state index in [0.29, 0.717) is 42.8 Å². The van der Waals surface area contributed by atoms with Gasteiger partial charge in [-0.05, 0) is 38.8 Å². The van der Waals surface area contributed by atoms with E-state index in [2.05, 4.69) is 15.0 Å². The van der Waals surface area contributed by atoms with Gasteiger partial charge in [0.1, 0.15) is 17.5 Å². The zero-order valence-electron chi connectivity index (χ0n) is 14.5. The van der Waals surface area contributed by atoms with Crippen LogP contribution in [0.3, 0.4) is 0 Å². The van der Waals surface area contributed by atoms with Crippen molar-refractivity contribution in [1.82, 2.24) is 19.9 Å². The normalized spacial score (nSPS) is 17.2. The van der Waals surface area contributed by atoms with Crippen molar-refractivity contribution < 1.29 is 14.3 Å². The third-order valence-corrected chi connectivity index (χ3v) is 3.99. The zero-order chi connectivity index (χ0) is 17.6. The third kappa shape index (κ3) is 4.23. The SMILES string of the molecule is CCOc1ncccc1C(=O)N1CCCC(Oc2ccnc(C)n2)C1. The van der Waals surface area contributed by atoms with Gasteiger partial charge in [0.15, 0.2) is 0 Å². The van der Waals surface area contributed by atoms with Crippen molar-refractivity contribution in [2.45, 2.75) is 32.8 Å². The second-order valence-electron chi connectivity index (χ2n) is 5.86. The number of pyridine rings is 1. The molecule has 1 aliphatic heterocycles. The molecule has 2 aromatic rings. The standard InChI is InChI=1S/C18H22N4O3/c1-3-24-17-15(7-4-9-20-17)18(23)22-11-5-6-14(12-22)25-16-8-10-19-13(2)21-16/h4,7-10,14H,3,5-6,11-12H2,1-2H3. The second kappa shape index (κ2) is 7.92. The van der Waals surface area contributed by atoms with Crippen LogP contribution in [0.4, 0.5) is 0 Å². The Labute approximate surface area is 147 Å². The Morgan fingerprint density at radius 1 is 1.32 bits per heavy atom. The highest BCUT2D eigenvalue weighted by Crippen LogP contribution is 2.21. The molecule has 7 heteroatoms. The van der Waals surface area contributed by atoms with Gasteiger partial charge in [0, 0.05) is 25.0 Å². The highest BCUT2D eigenvalue weighted by molar-refractivity contribution is 5.96. The fourth-order valence-electron chi connectivity index (χ4n) is 2.87. The van der Waals surface area contributed by atoms with Gasteiger partial charge in [-0.2, -0.15) is 4.98 Å². The molecule has 2 aromatic heterocycles. The maximum atomic E-state index is 12.9. The molecule has 1 fully saturated rings. The fourth-order valence-corrected chi connectivity index (χ4v) is 2.87. The maximum Gasteiger partial charge on any atom is 0.259 e. The number of carbonyl (C=O) groups excluding carboxylic acids is 1. The summed E-state index contributed by atoms with van der Waals surface area (Å²) in [5.74, 6) is 1.51. The molecule has 7 nitrogen and oxygen atoms in total. The minimum atomic E-state index is -0.0841. The van der Waals surface area contributed by atoms with Gasteiger partial charge in [0.05, 0.1) is 13.2 Å². The summed E-state index contributed by atoms with van der Waals surface area (Å²) in [5, 5.41) is 0. The van der Waals surface area contributed by atoms with E-state index >= 15 is 0 Å². The van der Waals surface area contributed by atoms with Crippen molar-refractivity contribution in [3.63, 3.8) is 0 Å². The molecule has 0 saturated carbocycles. The number of aromatic nitrogens is 3. The number of amides is 1. The van der Waals surface area contributed by atoms with Gasteiger partial charge >= 0.3 is 0 Å². The molecular formula is C18H22N4O3. The van der Waals surface area contributed by atoms with Crippen LogP contribution in [-0.4, -0.2) is 51.6 Å². The molecule has 132 valence electrons. The smallest absolute Gasteiger partial charge is 0.259 e. The first-order valence-electron chi connectivity index (χ1n) is 8.50. The number of piperidine rings is 1. The number of carbonyl (C=O) groups is 1. The Kier molecular flexibility index (Phi) is 5.42. The van der Waals surface area contributed by atoms with Crippen LogP contribution < -0.4 is 9.47 Å². The predicted octanol–water partition coefficient (Wildman–Crippen LogP) is 2.26. The number of nitrogens with zero attached hydrogens (tertiary/aromatic N) is 4. The average molecular weight is 342 g/mol. The van der Waals surface area contributed by atoms with Gasteiger partial charge in [-0.25, -0.2) is 9.97 Å². The molecule has 1 saturated heterocycles. The van der Waals surface area contributed by atoms with Gasteiger partial charge in [0.25, 0.3) is 5.91 Å². The second-order valence-corrected chi connectivity index (χ2v) is 5.86. The summed E-state index contributed by atoms with van der Waals surface area (Å²) in [4.78, 5) is 27.2. The van der Waals surface area contributed by atoms with Gasteiger partial charge in [-0.1, -0.05) is 0 Å². The van der Waals surface area contributed by atoms with E-state index in [9.17, 15) is 4.79 Å². The first-order chi connectivity index (χ1) is 12.2. The average Bonchev–Trinajstić information content (AvgIpc) is 2.62. The molecule has 3 rings (SSSR count). The van der Waals surface area contributed by atoms with Gasteiger partial charge in [0.2, 0.25) is 11.8 Å². The Morgan fingerprint density at radius 3 is 3.00 bits per heavy atom. The van der Waals surface area contributed by atoms with E-state index in [1.54, 1.807) is 35.5 Å². The van der Waals surface area contributed by atoms with Crippen molar-refractivity contribution in [3.8, 4) is 11.8 Å². The molecule has 1 unspecified atom stereocenters. The predicted molar refractivity (Wildman–Crippen MR) is 91.7 cm³/mol. The van der Waals surface area contributed by atoms with Crippen LogP contribution in [-0.2, 0) is 0 Å². The molecule has 0 bridgehead atoms. The number of ether oxygens (including phenoxy) is 2. The summed E-state index contributed by atoms with van der Waals surface area (Å²) in [5.41, 5.74) is 0.489. The molecule has 0 aromatic carbocycles. The first kappa shape index (κ1) is 17.1. The molecule has 25 heavy (non-hydrogen) atoms. The van der Waals surface area contributed by atoms with Crippen molar-refractivity contribution in [2.75, 3.05) is 19.7 Å². The quantitative estimate of drug-likeness (QED) is 0.829. The Hall–Kier alpha value is -2.70. The zero-order valence-corrected chi connectivity index (χ0v) is 14.5. The summed E-state index contributed by atoms with van der Waals surface area (Å²) >= 11 is 0. The molecule has 1 amide bonds. The molecule has 0 aliphatic carbocycles. The van der Waals surface area contributed by atoms with Gasteiger partial charge < -0.3 is 14.4 Å². The summed E-state index contributed by atoms with van der Waals surface area (Å²) in [7, 11) is 0. The van der Waals surface area contributed by atoms with E-state index in [0.717, 1.165) is 12.8 Å². The monoisotopic (exact) mass is 342 g/mol. The lowest BCUT2D eigenvalue weighted by Crippen LogP contribution is -2.44. The minimum Gasteiger partial charge on any atom is -0.477 e. The molecule has 0 N–H and O–H groups in total. The van der Waals surface area contributed by atoms with Crippen molar-refractivity contribution in [3.05, 3.63) is 42.0 Å². The number of aryl methyl sites for hydroxylation is 1. The van der Waals surface area contributed by atoms with Gasteiger partial charge in [-0.3, -0.25) is 4.79 Å². The van der Waals surface area contributed by atoms with Crippen molar-refractivity contribution >= 4 is 5.91 Å². The highest BCUT2D eigenvalue weighted by atomic mass is 16.5. The fraction of sp³-hybridized carbons (Fsp3) is 0.444. The minimum absolute atomic E-state index is 0.0799. The van der Waals surface area contributed by atoms with E-state index < -0.39 is 0 Å². The lowest BCUT2D eigenvalue weighted by Gasteiger charge is -2.32. The van der Waals surface area contributed by atoms with E-state index in [-0.39, 0.29) is 12.0 Å². The van der Waals surface area contributed by atoms with Crippen LogP contribution in [0.1, 0.15) is 35.9 Å². The third-order valence-electron chi connectivity index (χ3n) is 3.99. The lowest BCUT2D eigenvalue weighted by atomic mass is 10.1. The number of likely N-dealkylation sites (tertiary alicyclic amines) is 1. The van der Waals surface area contributed by atoms with Crippen molar-refractivity contribution in [1.29, 1.82) is 0 Å². The van der Waals surface area contributed by atoms with Crippen LogP contribution in [0.15, 0.2) is 30.6 Å². The maximum absolute atomic E-state index is 12.9. The molecule has 1 atom stereocenters. The molecule has 0 radical (unpaired) electrons. The summed E-state index contributed by atoms with van der Waals surface area (Å²) in [6.07, 6.45) is 4.98. The van der Waals surface area contributed by atoms with Crippen LogP contribution in [0.5, 0.6) is 11.8 Å². The largest absolute Gasteiger partial charge is 0.477 e. The number of hydrogen-bond acceptors (Lipinski definition) is 6. The lowest BCUT2D eigenvalue weighted by molar-refractivity contribution is 0.0522. The summed E-state index contributed by atoms with van der Waals surface area (Å²) in [6, 6.07) is 5.23. The summed E-state index contributed by atoms with van der Waals surface area (Å²) in [6.45, 7) is 5.37. The molecular weight excluding hydrogens is 320 g/mol. The molecule has 0 spiro atoms. The Morgan fingerprint density at radius 2 is 2.20 bits per heavy atom. The van der Waals surface area contributed by atoms with E-state index in [4.69, 9.17) is 9.47 Å². The van der Waals surface area contributed by atoms with E-state index in [1.165, 1.54) is 0 Å². The van der Waals surface area contributed by atoms with Gasteiger partial charge in [-0.15, -0.1) is 0 Å². The number of hydrogen-bond donors (Lipinski definition) is 0. The van der Waals surface area contributed by atoms with Crippen LogP contribution in [0.2, 0.25) is 0 Å². The molecule has 3 heterocycles. The van der Waals surface area contributed by atoms with Crippen LogP contribution in [0, 0.1) is 6.92 Å². The van der Waals surface area contributed by atoms with Crippen LogP contribution >= 0.6 is 0 Å². The summed E-state index contributed by atoms with van der Waals surface area (Å²) < 4.78 is 11.4.